The number of Topliss-reactive ketones (excluding diaryl/α,β-unsaturated/α-hetero) is 1. The van der Waals surface area contributed by atoms with Gasteiger partial charge in [-0.05, 0) is 32.1 Å². The highest BCUT2D eigenvalue weighted by atomic mass is 16.5. The van der Waals surface area contributed by atoms with Crippen LogP contribution in [0, 0.1) is 0 Å². The molecule has 0 heterocycles. The number of rotatable bonds is 7. The third-order valence-electron chi connectivity index (χ3n) is 3.26. The first-order chi connectivity index (χ1) is 7.76. The molecular formula is C13H24O3. The summed E-state index contributed by atoms with van der Waals surface area (Å²) in [5.74, 6) is 0.335. The predicted molar refractivity (Wildman–Crippen MR) is 63.5 cm³/mol. The zero-order valence-corrected chi connectivity index (χ0v) is 10.5. The number of carbonyl (C=O) groups excluding carboxylic acids is 1. The average molecular weight is 228 g/mol. The largest absolute Gasteiger partial charge is 0.381 e. The van der Waals surface area contributed by atoms with E-state index < -0.39 is 0 Å². The van der Waals surface area contributed by atoms with Gasteiger partial charge in [0.2, 0.25) is 0 Å². The van der Waals surface area contributed by atoms with Crippen molar-refractivity contribution in [2.45, 2.75) is 64.1 Å². The van der Waals surface area contributed by atoms with Gasteiger partial charge in [0.1, 0.15) is 5.78 Å². The molecule has 0 aromatic heterocycles. The molecule has 1 saturated carbocycles. The minimum absolute atomic E-state index is 0.335. The van der Waals surface area contributed by atoms with Crippen molar-refractivity contribution in [1.29, 1.82) is 0 Å². The van der Waals surface area contributed by atoms with Crippen molar-refractivity contribution in [3.63, 3.8) is 0 Å². The first-order valence-electron chi connectivity index (χ1n) is 6.42. The van der Waals surface area contributed by atoms with Gasteiger partial charge >= 0.3 is 0 Å². The minimum Gasteiger partial charge on any atom is -0.381 e. The summed E-state index contributed by atoms with van der Waals surface area (Å²) >= 11 is 0. The second-order valence-corrected chi connectivity index (χ2v) is 4.51. The van der Waals surface area contributed by atoms with E-state index >= 15 is 0 Å². The lowest BCUT2D eigenvalue weighted by Crippen LogP contribution is -2.27. The van der Waals surface area contributed by atoms with Gasteiger partial charge < -0.3 is 9.47 Å². The molecule has 3 nitrogen and oxygen atoms in total. The Bertz CT molecular complexity index is 203. The Labute approximate surface area is 98.5 Å². The van der Waals surface area contributed by atoms with Gasteiger partial charge in [0, 0.05) is 26.6 Å². The second-order valence-electron chi connectivity index (χ2n) is 4.51. The lowest BCUT2D eigenvalue weighted by atomic mass is 9.95. The lowest BCUT2D eigenvalue weighted by molar-refractivity contribution is -0.119. The quantitative estimate of drug-likeness (QED) is 0.628. The fourth-order valence-electron chi connectivity index (χ4n) is 2.16. The van der Waals surface area contributed by atoms with Gasteiger partial charge in [0.15, 0.2) is 0 Å². The van der Waals surface area contributed by atoms with Crippen LogP contribution < -0.4 is 0 Å². The molecule has 2 unspecified atom stereocenters. The van der Waals surface area contributed by atoms with E-state index in [2.05, 4.69) is 0 Å². The molecule has 0 radical (unpaired) electrons. The summed E-state index contributed by atoms with van der Waals surface area (Å²) in [7, 11) is 1.77. The van der Waals surface area contributed by atoms with Crippen molar-refractivity contribution in [1.82, 2.24) is 0 Å². The van der Waals surface area contributed by atoms with Crippen LogP contribution in [0.2, 0.25) is 0 Å². The average Bonchev–Trinajstić information content (AvgIpc) is 2.34. The van der Waals surface area contributed by atoms with Crippen molar-refractivity contribution in [3.05, 3.63) is 0 Å². The fourth-order valence-corrected chi connectivity index (χ4v) is 2.16. The Morgan fingerprint density at radius 2 is 2.06 bits per heavy atom. The molecule has 0 bridgehead atoms. The molecule has 0 amide bonds. The summed E-state index contributed by atoms with van der Waals surface area (Å²) in [4.78, 5) is 11.1. The highest BCUT2D eigenvalue weighted by molar-refractivity contribution is 5.77. The van der Waals surface area contributed by atoms with Gasteiger partial charge in [-0.1, -0.05) is 6.92 Å². The molecule has 94 valence electrons. The van der Waals surface area contributed by atoms with E-state index in [0.717, 1.165) is 25.7 Å². The highest BCUT2D eigenvalue weighted by Gasteiger charge is 2.21. The smallest absolute Gasteiger partial charge is 0.132 e. The van der Waals surface area contributed by atoms with Crippen molar-refractivity contribution < 1.29 is 14.3 Å². The highest BCUT2D eigenvalue weighted by Crippen LogP contribution is 2.23. The van der Waals surface area contributed by atoms with Crippen LogP contribution in [0.3, 0.4) is 0 Å². The maximum absolute atomic E-state index is 11.1. The van der Waals surface area contributed by atoms with Crippen molar-refractivity contribution in [2.24, 2.45) is 0 Å². The van der Waals surface area contributed by atoms with Crippen LogP contribution in [0.25, 0.3) is 0 Å². The molecule has 1 rings (SSSR count). The summed E-state index contributed by atoms with van der Waals surface area (Å²) in [6.45, 7) is 2.63. The third-order valence-corrected chi connectivity index (χ3v) is 3.26. The van der Waals surface area contributed by atoms with E-state index in [1.165, 1.54) is 6.42 Å². The van der Waals surface area contributed by atoms with Gasteiger partial charge in [-0.25, -0.2) is 0 Å². The van der Waals surface area contributed by atoms with Crippen molar-refractivity contribution in [3.8, 4) is 0 Å². The number of hydrogen-bond donors (Lipinski definition) is 0. The molecule has 3 heteroatoms. The van der Waals surface area contributed by atoms with Crippen LogP contribution in [0.4, 0.5) is 0 Å². The zero-order valence-electron chi connectivity index (χ0n) is 10.5. The Morgan fingerprint density at radius 3 is 2.75 bits per heavy atom. The van der Waals surface area contributed by atoms with Crippen LogP contribution in [-0.4, -0.2) is 31.7 Å². The molecule has 0 aliphatic heterocycles. The van der Waals surface area contributed by atoms with Gasteiger partial charge in [-0.2, -0.15) is 0 Å². The molecule has 1 aliphatic rings. The van der Waals surface area contributed by atoms with Crippen molar-refractivity contribution in [2.75, 3.05) is 13.7 Å². The second kappa shape index (κ2) is 7.80. The molecule has 16 heavy (non-hydrogen) atoms. The van der Waals surface area contributed by atoms with Crippen LogP contribution in [0.15, 0.2) is 0 Å². The SMILES string of the molecule is CCC(=O)CCCOC1CCCC(OC)C1. The fraction of sp³-hybridized carbons (Fsp3) is 0.923. The van der Waals surface area contributed by atoms with E-state index in [1.807, 2.05) is 6.92 Å². The third kappa shape index (κ3) is 5.08. The Balaban J connectivity index is 2.06. The molecular weight excluding hydrogens is 204 g/mol. The van der Waals surface area contributed by atoms with E-state index in [4.69, 9.17) is 9.47 Å². The van der Waals surface area contributed by atoms with Crippen molar-refractivity contribution >= 4 is 5.78 Å². The molecule has 0 saturated heterocycles. The maximum Gasteiger partial charge on any atom is 0.132 e. The number of carbonyl (C=O) groups is 1. The van der Waals surface area contributed by atoms with Crippen LogP contribution in [0.5, 0.6) is 0 Å². The predicted octanol–water partition coefficient (Wildman–Crippen LogP) is 2.72. The molecule has 0 aromatic carbocycles. The molecule has 0 N–H and O–H groups in total. The lowest BCUT2D eigenvalue weighted by Gasteiger charge is -2.28. The standard InChI is InChI=1S/C13H24O3/c1-3-11(14)6-5-9-16-13-8-4-7-12(10-13)15-2/h12-13H,3-10H2,1-2H3. The summed E-state index contributed by atoms with van der Waals surface area (Å²) in [5.41, 5.74) is 0. The number of ketones is 1. The van der Waals surface area contributed by atoms with Crippen LogP contribution in [-0.2, 0) is 14.3 Å². The monoisotopic (exact) mass is 228 g/mol. The van der Waals surface area contributed by atoms with E-state index in [9.17, 15) is 4.79 Å². The molecule has 1 aliphatic carbocycles. The Morgan fingerprint density at radius 1 is 1.31 bits per heavy atom. The summed E-state index contributed by atoms with van der Waals surface area (Å²) in [6.07, 6.45) is 7.39. The van der Waals surface area contributed by atoms with Gasteiger partial charge in [-0.15, -0.1) is 0 Å². The topological polar surface area (TPSA) is 35.5 Å². The van der Waals surface area contributed by atoms with Crippen LogP contribution in [0.1, 0.15) is 51.9 Å². The maximum atomic E-state index is 11.1. The molecule has 0 spiro atoms. The van der Waals surface area contributed by atoms with Gasteiger partial charge in [0.05, 0.1) is 12.2 Å². The zero-order chi connectivity index (χ0) is 11.8. The summed E-state index contributed by atoms with van der Waals surface area (Å²) in [5, 5.41) is 0. The Hall–Kier alpha value is -0.410. The number of ether oxygens (including phenoxy) is 2. The van der Waals surface area contributed by atoms with Gasteiger partial charge in [0.25, 0.3) is 0 Å². The summed E-state index contributed by atoms with van der Waals surface area (Å²) in [6, 6.07) is 0. The molecule has 1 fully saturated rings. The first-order valence-corrected chi connectivity index (χ1v) is 6.42. The Kier molecular flexibility index (Phi) is 6.65. The summed E-state index contributed by atoms with van der Waals surface area (Å²) < 4.78 is 11.1. The first kappa shape index (κ1) is 13.7. The number of hydrogen-bond acceptors (Lipinski definition) is 3. The van der Waals surface area contributed by atoms with E-state index in [0.29, 0.717) is 37.4 Å². The molecule has 2 atom stereocenters. The minimum atomic E-state index is 0.335. The van der Waals surface area contributed by atoms with E-state index in [-0.39, 0.29) is 0 Å². The van der Waals surface area contributed by atoms with Gasteiger partial charge in [-0.3, -0.25) is 4.79 Å². The van der Waals surface area contributed by atoms with Crippen LogP contribution >= 0.6 is 0 Å². The van der Waals surface area contributed by atoms with E-state index in [1.54, 1.807) is 7.11 Å². The normalized spacial score (nSPS) is 25.6. The molecule has 0 aromatic rings. The number of methoxy groups -OCH3 is 1.